The van der Waals surface area contributed by atoms with Crippen molar-refractivity contribution in [1.82, 2.24) is 14.5 Å². The molecule has 12 rings (SSSR count). The van der Waals surface area contributed by atoms with Gasteiger partial charge in [0.1, 0.15) is 0 Å². The van der Waals surface area contributed by atoms with E-state index in [1.165, 1.54) is 66.0 Å². The summed E-state index contributed by atoms with van der Waals surface area (Å²) >= 11 is 0. The van der Waals surface area contributed by atoms with Gasteiger partial charge in [-0.05, 0) is 110 Å². The number of nitrogens with zero attached hydrogens (tertiary/aromatic N) is 3. The van der Waals surface area contributed by atoms with Crippen molar-refractivity contribution >= 4 is 43.5 Å². The van der Waals surface area contributed by atoms with Crippen LogP contribution in [0.5, 0.6) is 0 Å². The molecule has 0 amide bonds. The van der Waals surface area contributed by atoms with Crippen LogP contribution in [-0.2, 0) is 5.41 Å². The Labute approximate surface area is 348 Å². The zero-order chi connectivity index (χ0) is 40.0. The van der Waals surface area contributed by atoms with E-state index in [-0.39, 0.29) is 5.41 Å². The van der Waals surface area contributed by atoms with Crippen LogP contribution in [0.4, 0.5) is 0 Å². The molecule has 60 heavy (non-hydrogen) atoms. The van der Waals surface area contributed by atoms with Gasteiger partial charge in [-0.25, -0.2) is 9.97 Å². The van der Waals surface area contributed by atoms with Crippen LogP contribution in [-0.4, -0.2) is 14.5 Å². The van der Waals surface area contributed by atoms with E-state index in [0.717, 1.165) is 44.5 Å². The lowest BCUT2D eigenvalue weighted by Gasteiger charge is -2.22. The molecule has 3 nitrogen and oxygen atoms in total. The standard InChI is InChI=1S/C57H39N3/c1-57(2)50-33-41-20-10-9-19-40(41)32-47(50)48-34-49-45-21-12-14-24-53(45)60(54(49)35-51(48)57)44-30-42(38-27-25-37(26-28-38)36-15-5-3-6-16-36)29-43(31-44)56-58-52-23-13-11-22-46(52)55(59-56)39-17-7-4-8-18-39/h3-35H,1-2H3. The Balaban J connectivity index is 1.11. The molecule has 0 unspecified atom stereocenters. The highest BCUT2D eigenvalue weighted by Crippen LogP contribution is 2.52. The smallest absolute Gasteiger partial charge is 0.160 e. The van der Waals surface area contributed by atoms with Gasteiger partial charge in [-0.3, -0.25) is 0 Å². The van der Waals surface area contributed by atoms with E-state index in [4.69, 9.17) is 9.97 Å². The molecular formula is C57H39N3. The maximum Gasteiger partial charge on any atom is 0.160 e. The molecule has 11 aromatic rings. The fraction of sp³-hybridized carbons (Fsp3) is 0.0526. The number of fused-ring (bicyclic) bond motifs is 8. The summed E-state index contributed by atoms with van der Waals surface area (Å²) in [6.07, 6.45) is 0. The van der Waals surface area contributed by atoms with Crippen molar-refractivity contribution in [3.05, 3.63) is 211 Å². The van der Waals surface area contributed by atoms with Gasteiger partial charge in [-0.15, -0.1) is 0 Å². The number of hydrogen-bond acceptors (Lipinski definition) is 2. The summed E-state index contributed by atoms with van der Waals surface area (Å²) in [7, 11) is 0. The molecule has 0 aliphatic heterocycles. The van der Waals surface area contributed by atoms with Crippen molar-refractivity contribution in [2.75, 3.05) is 0 Å². The second kappa shape index (κ2) is 13.2. The zero-order valence-corrected chi connectivity index (χ0v) is 33.4. The fourth-order valence-corrected chi connectivity index (χ4v) is 9.70. The molecule has 3 heteroatoms. The third kappa shape index (κ3) is 5.36. The molecule has 1 aliphatic carbocycles. The lowest BCUT2D eigenvalue weighted by Crippen LogP contribution is -2.15. The van der Waals surface area contributed by atoms with E-state index < -0.39 is 0 Å². The Kier molecular flexibility index (Phi) is 7.58. The average Bonchev–Trinajstić information content (AvgIpc) is 3.74. The summed E-state index contributed by atoms with van der Waals surface area (Å²) in [4.78, 5) is 10.6. The number of aromatic nitrogens is 3. The summed E-state index contributed by atoms with van der Waals surface area (Å²) in [5.74, 6) is 0.696. The van der Waals surface area contributed by atoms with Crippen LogP contribution in [0.25, 0.3) is 105 Å². The van der Waals surface area contributed by atoms with Crippen LogP contribution < -0.4 is 0 Å². The molecule has 0 atom stereocenters. The lowest BCUT2D eigenvalue weighted by atomic mass is 9.81. The first-order valence-corrected chi connectivity index (χ1v) is 20.7. The maximum absolute atomic E-state index is 5.37. The number of rotatable bonds is 5. The highest BCUT2D eigenvalue weighted by molar-refractivity contribution is 6.12. The summed E-state index contributed by atoms with van der Waals surface area (Å²) in [6, 6.07) is 72.5. The molecule has 9 aromatic carbocycles. The van der Waals surface area contributed by atoms with E-state index in [0.29, 0.717) is 5.82 Å². The van der Waals surface area contributed by atoms with Crippen molar-refractivity contribution in [3.63, 3.8) is 0 Å². The monoisotopic (exact) mass is 765 g/mol. The zero-order valence-electron chi connectivity index (χ0n) is 33.4. The van der Waals surface area contributed by atoms with Gasteiger partial charge >= 0.3 is 0 Å². The molecule has 0 N–H and O–H groups in total. The van der Waals surface area contributed by atoms with Crippen LogP contribution in [0.1, 0.15) is 25.0 Å². The van der Waals surface area contributed by atoms with Gasteiger partial charge in [0.25, 0.3) is 0 Å². The van der Waals surface area contributed by atoms with Crippen molar-refractivity contribution in [2.45, 2.75) is 19.3 Å². The summed E-state index contributed by atoms with van der Waals surface area (Å²) in [5, 5.41) is 6.07. The van der Waals surface area contributed by atoms with Gasteiger partial charge in [0.15, 0.2) is 5.82 Å². The first-order chi connectivity index (χ1) is 29.5. The van der Waals surface area contributed by atoms with Gasteiger partial charge in [0.2, 0.25) is 0 Å². The van der Waals surface area contributed by atoms with Crippen molar-refractivity contribution < 1.29 is 0 Å². The highest BCUT2D eigenvalue weighted by Gasteiger charge is 2.37. The number of hydrogen-bond donors (Lipinski definition) is 0. The summed E-state index contributed by atoms with van der Waals surface area (Å²) in [6.45, 7) is 4.76. The first-order valence-electron chi connectivity index (χ1n) is 20.7. The Morgan fingerprint density at radius 1 is 0.383 bits per heavy atom. The van der Waals surface area contributed by atoms with E-state index in [1.54, 1.807) is 0 Å². The topological polar surface area (TPSA) is 30.7 Å². The number of benzene rings is 9. The van der Waals surface area contributed by atoms with Crippen LogP contribution in [0, 0.1) is 0 Å². The van der Waals surface area contributed by atoms with Crippen LogP contribution in [0.3, 0.4) is 0 Å². The maximum atomic E-state index is 5.37. The van der Waals surface area contributed by atoms with Gasteiger partial charge in [-0.1, -0.05) is 159 Å². The number of para-hydroxylation sites is 2. The molecule has 0 radical (unpaired) electrons. The average molecular weight is 766 g/mol. The Morgan fingerprint density at radius 3 is 1.72 bits per heavy atom. The summed E-state index contributed by atoms with van der Waals surface area (Å²) in [5.41, 5.74) is 17.1. The molecule has 0 saturated heterocycles. The van der Waals surface area contributed by atoms with Crippen molar-refractivity contribution in [2.24, 2.45) is 0 Å². The Bertz CT molecular complexity index is 3490. The molecule has 2 aromatic heterocycles. The van der Waals surface area contributed by atoms with Crippen LogP contribution in [0.2, 0.25) is 0 Å². The van der Waals surface area contributed by atoms with Crippen LogP contribution in [0.15, 0.2) is 200 Å². The molecule has 1 aliphatic rings. The van der Waals surface area contributed by atoms with Crippen molar-refractivity contribution in [3.8, 4) is 61.7 Å². The normalized spacial score (nSPS) is 13.0. The van der Waals surface area contributed by atoms with E-state index in [2.05, 4.69) is 219 Å². The van der Waals surface area contributed by atoms with Gasteiger partial charge in [0.05, 0.1) is 22.2 Å². The second-order valence-electron chi connectivity index (χ2n) is 16.6. The molecule has 0 bridgehead atoms. The largest absolute Gasteiger partial charge is 0.309 e. The predicted octanol–water partition coefficient (Wildman–Crippen LogP) is 14.9. The van der Waals surface area contributed by atoms with Gasteiger partial charge in [-0.2, -0.15) is 0 Å². The quantitative estimate of drug-likeness (QED) is 0.175. The predicted molar refractivity (Wildman–Crippen MR) is 251 cm³/mol. The molecule has 0 spiro atoms. The SMILES string of the molecule is CC1(C)c2cc3ccccc3cc2-c2cc3c4ccccc4n(-c4cc(-c5ccc(-c6ccccc6)cc5)cc(-c5nc(-c6ccccc6)c6ccccc6n5)c4)c3cc21. The third-order valence-electron chi connectivity index (χ3n) is 12.7. The molecule has 0 fully saturated rings. The van der Waals surface area contributed by atoms with Crippen LogP contribution >= 0.6 is 0 Å². The Hall–Kier alpha value is -7.62. The third-order valence-corrected chi connectivity index (χ3v) is 12.7. The van der Waals surface area contributed by atoms with Gasteiger partial charge < -0.3 is 4.57 Å². The van der Waals surface area contributed by atoms with E-state index in [9.17, 15) is 0 Å². The summed E-state index contributed by atoms with van der Waals surface area (Å²) < 4.78 is 2.46. The minimum absolute atomic E-state index is 0.176. The minimum atomic E-state index is -0.176. The molecule has 282 valence electrons. The van der Waals surface area contributed by atoms with E-state index in [1.807, 2.05) is 0 Å². The highest BCUT2D eigenvalue weighted by atomic mass is 15.0. The van der Waals surface area contributed by atoms with Gasteiger partial charge in [0, 0.05) is 38.4 Å². The molecule has 2 heterocycles. The molecular weight excluding hydrogens is 727 g/mol. The first kappa shape index (κ1) is 34.4. The second-order valence-corrected chi connectivity index (χ2v) is 16.6. The van der Waals surface area contributed by atoms with E-state index >= 15 is 0 Å². The fourth-order valence-electron chi connectivity index (χ4n) is 9.70. The van der Waals surface area contributed by atoms with Crippen molar-refractivity contribution in [1.29, 1.82) is 0 Å². The molecule has 0 saturated carbocycles. The lowest BCUT2D eigenvalue weighted by molar-refractivity contribution is 0.662. The Morgan fingerprint density at radius 2 is 0.950 bits per heavy atom. The minimum Gasteiger partial charge on any atom is -0.309 e.